The van der Waals surface area contributed by atoms with Crippen LogP contribution in [0, 0.1) is 0 Å². The molecule has 0 spiro atoms. The lowest BCUT2D eigenvalue weighted by atomic mass is 10.0. The number of hydrogen-bond acceptors (Lipinski definition) is 8. The summed E-state index contributed by atoms with van der Waals surface area (Å²) in [5.41, 5.74) is 3.90. The van der Waals surface area contributed by atoms with E-state index < -0.39 is 0 Å². The highest BCUT2D eigenvalue weighted by Crippen LogP contribution is 2.29. The van der Waals surface area contributed by atoms with Crippen molar-refractivity contribution >= 4 is 28.4 Å². The topological polar surface area (TPSA) is 78.4 Å². The number of pyridine rings is 1. The molecule has 1 aliphatic rings. The Morgan fingerprint density at radius 3 is 2.54 bits per heavy atom. The molecule has 8 nitrogen and oxygen atoms in total. The molecule has 3 heterocycles. The number of likely N-dealkylation sites (N-methyl/N-ethyl adjacent to an activating group) is 1. The lowest BCUT2D eigenvalue weighted by Gasteiger charge is -2.28. The first-order valence-corrected chi connectivity index (χ1v) is 12.0. The van der Waals surface area contributed by atoms with E-state index in [0.717, 1.165) is 72.0 Å². The van der Waals surface area contributed by atoms with Crippen molar-refractivity contribution in [3.63, 3.8) is 0 Å². The van der Waals surface area contributed by atoms with Crippen molar-refractivity contribution in [3.8, 4) is 16.9 Å². The van der Waals surface area contributed by atoms with Gasteiger partial charge in [-0.3, -0.25) is 0 Å². The average Bonchev–Trinajstić information content (AvgIpc) is 2.89. The Morgan fingerprint density at radius 1 is 0.971 bits per heavy atom. The van der Waals surface area contributed by atoms with E-state index in [1.54, 1.807) is 0 Å². The van der Waals surface area contributed by atoms with Gasteiger partial charge in [0.25, 0.3) is 0 Å². The van der Waals surface area contributed by atoms with Crippen LogP contribution in [0.2, 0.25) is 0 Å². The fourth-order valence-corrected chi connectivity index (χ4v) is 4.10. The summed E-state index contributed by atoms with van der Waals surface area (Å²) in [7, 11) is 4.08. The summed E-state index contributed by atoms with van der Waals surface area (Å²) in [6.07, 6.45) is 3.70. The number of aromatic nitrogens is 3. The second-order valence-corrected chi connectivity index (χ2v) is 8.88. The minimum atomic E-state index is 0.547. The van der Waals surface area contributed by atoms with Crippen molar-refractivity contribution in [2.75, 3.05) is 63.6 Å². The van der Waals surface area contributed by atoms with Crippen LogP contribution in [-0.2, 0) is 0 Å². The van der Waals surface area contributed by atoms with Crippen molar-refractivity contribution in [3.05, 3.63) is 67.0 Å². The van der Waals surface area contributed by atoms with Gasteiger partial charge in [0.05, 0.1) is 17.4 Å². The molecule has 0 radical (unpaired) electrons. The first-order chi connectivity index (χ1) is 17.2. The third-order valence-corrected chi connectivity index (χ3v) is 6.03. The molecule has 5 rings (SSSR count). The third-order valence-electron chi connectivity index (χ3n) is 6.03. The van der Waals surface area contributed by atoms with Crippen LogP contribution < -0.4 is 20.3 Å². The molecule has 2 aromatic heterocycles. The Balaban J connectivity index is 1.33. The number of benzene rings is 2. The second-order valence-electron chi connectivity index (χ2n) is 8.88. The van der Waals surface area contributed by atoms with E-state index >= 15 is 0 Å². The van der Waals surface area contributed by atoms with Gasteiger partial charge < -0.3 is 25.2 Å². The van der Waals surface area contributed by atoms with Crippen LogP contribution in [0.15, 0.2) is 67.0 Å². The fraction of sp³-hybridized carbons (Fsp3) is 0.296. The van der Waals surface area contributed by atoms with Crippen LogP contribution in [0.5, 0.6) is 5.75 Å². The van der Waals surface area contributed by atoms with Gasteiger partial charge in [0.2, 0.25) is 5.95 Å². The summed E-state index contributed by atoms with van der Waals surface area (Å²) in [5.74, 6) is 2.41. The molecule has 35 heavy (non-hydrogen) atoms. The number of hydrogen-bond donors (Lipinski definition) is 2. The van der Waals surface area contributed by atoms with Gasteiger partial charge in [-0.1, -0.05) is 30.3 Å². The van der Waals surface area contributed by atoms with Crippen molar-refractivity contribution in [1.82, 2.24) is 25.2 Å². The van der Waals surface area contributed by atoms with Crippen LogP contribution in [0.25, 0.3) is 22.0 Å². The lowest BCUT2D eigenvalue weighted by molar-refractivity contribution is 0.261. The fourth-order valence-electron chi connectivity index (χ4n) is 4.10. The lowest BCUT2D eigenvalue weighted by Crippen LogP contribution is -2.43. The number of ether oxygens (including phenoxy) is 1. The molecule has 1 aliphatic heterocycles. The minimum Gasteiger partial charge on any atom is -0.492 e. The van der Waals surface area contributed by atoms with Gasteiger partial charge in [0.15, 0.2) is 0 Å². The van der Waals surface area contributed by atoms with Crippen molar-refractivity contribution < 1.29 is 4.74 Å². The number of rotatable bonds is 8. The average molecular weight is 470 g/mol. The standard InChI is InChI=1S/C27H31N7O/c1-33(2)16-17-35-23-9-6-20(7-10-23)24-5-3-4-21-18-30-27(32-26(21)24)31-22-8-11-25(29-19-22)34-14-12-28-13-15-34/h3-11,18-19,28H,12-17H2,1-2H3,(H,30,31,32). The predicted molar refractivity (Wildman–Crippen MR) is 142 cm³/mol. The molecule has 2 N–H and O–H groups in total. The van der Waals surface area contributed by atoms with Gasteiger partial charge in [-0.25, -0.2) is 15.0 Å². The maximum atomic E-state index is 5.84. The number of para-hydroxylation sites is 1. The molecule has 1 fully saturated rings. The Hall–Kier alpha value is -3.75. The smallest absolute Gasteiger partial charge is 0.227 e. The molecule has 4 aromatic rings. The first kappa shape index (κ1) is 23.0. The molecule has 0 aliphatic carbocycles. The summed E-state index contributed by atoms with van der Waals surface area (Å²) >= 11 is 0. The van der Waals surface area contributed by atoms with Gasteiger partial charge >= 0.3 is 0 Å². The summed E-state index contributed by atoms with van der Waals surface area (Å²) in [5, 5.41) is 7.67. The number of nitrogens with one attached hydrogen (secondary N) is 2. The maximum absolute atomic E-state index is 5.84. The molecule has 0 unspecified atom stereocenters. The van der Waals surface area contributed by atoms with Gasteiger partial charge in [-0.05, 0) is 43.9 Å². The molecule has 0 amide bonds. The van der Waals surface area contributed by atoms with Crippen LogP contribution in [0.3, 0.4) is 0 Å². The minimum absolute atomic E-state index is 0.547. The zero-order chi connectivity index (χ0) is 24.0. The van der Waals surface area contributed by atoms with E-state index in [1.165, 1.54) is 0 Å². The normalized spacial score (nSPS) is 13.9. The largest absolute Gasteiger partial charge is 0.492 e. The summed E-state index contributed by atoms with van der Waals surface area (Å²) in [4.78, 5) is 18.4. The molecule has 0 atom stereocenters. The molecular weight excluding hydrogens is 438 g/mol. The van der Waals surface area contributed by atoms with Gasteiger partial charge in [0.1, 0.15) is 18.2 Å². The molecule has 8 heteroatoms. The third kappa shape index (κ3) is 5.67. The maximum Gasteiger partial charge on any atom is 0.227 e. The Labute approximate surface area is 206 Å². The molecule has 0 bridgehead atoms. The molecular formula is C27H31N7O. The van der Waals surface area contributed by atoms with Crippen molar-refractivity contribution in [1.29, 1.82) is 0 Å². The molecule has 1 saturated heterocycles. The van der Waals surface area contributed by atoms with E-state index in [-0.39, 0.29) is 0 Å². The number of piperazine rings is 1. The highest BCUT2D eigenvalue weighted by Gasteiger charge is 2.12. The van der Waals surface area contributed by atoms with E-state index in [4.69, 9.17) is 9.72 Å². The highest BCUT2D eigenvalue weighted by atomic mass is 16.5. The SMILES string of the molecule is CN(C)CCOc1ccc(-c2cccc3cnc(Nc4ccc(N5CCNCC5)nc4)nc23)cc1. The number of anilines is 3. The Kier molecular flexibility index (Phi) is 7.02. The Bertz CT molecular complexity index is 1250. The predicted octanol–water partition coefficient (Wildman–Crippen LogP) is 3.79. The summed E-state index contributed by atoms with van der Waals surface area (Å²) in [6, 6.07) is 18.4. The summed E-state index contributed by atoms with van der Waals surface area (Å²) in [6.45, 7) is 5.46. The Morgan fingerprint density at radius 2 is 1.80 bits per heavy atom. The van der Waals surface area contributed by atoms with Gasteiger partial charge in [0, 0.05) is 49.9 Å². The summed E-state index contributed by atoms with van der Waals surface area (Å²) < 4.78 is 5.84. The van der Waals surface area contributed by atoms with E-state index in [0.29, 0.717) is 12.6 Å². The zero-order valence-corrected chi connectivity index (χ0v) is 20.2. The molecule has 180 valence electrons. The van der Waals surface area contributed by atoms with Crippen LogP contribution in [-0.4, -0.2) is 73.3 Å². The van der Waals surface area contributed by atoms with Crippen LogP contribution in [0.1, 0.15) is 0 Å². The first-order valence-electron chi connectivity index (χ1n) is 12.0. The number of nitrogens with zero attached hydrogens (tertiary/aromatic N) is 5. The molecule has 0 saturated carbocycles. The van der Waals surface area contributed by atoms with Gasteiger partial charge in [-0.15, -0.1) is 0 Å². The molecule has 2 aromatic carbocycles. The number of fused-ring (bicyclic) bond motifs is 1. The monoisotopic (exact) mass is 469 g/mol. The second kappa shape index (κ2) is 10.7. The van der Waals surface area contributed by atoms with E-state index in [2.05, 4.69) is 48.6 Å². The van der Waals surface area contributed by atoms with E-state index in [9.17, 15) is 0 Å². The zero-order valence-electron chi connectivity index (χ0n) is 20.2. The quantitative estimate of drug-likeness (QED) is 0.404. The van der Waals surface area contributed by atoms with Gasteiger partial charge in [-0.2, -0.15) is 0 Å². The highest BCUT2D eigenvalue weighted by molar-refractivity contribution is 5.93. The van der Waals surface area contributed by atoms with Crippen LogP contribution in [0.4, 0.5) is 17.5 Å². The van der Waals surface area contributed by atoms with Crippen molar-refractivity contribution in [2.45, 2.75) is 0 Å². The van der Waals surface area contributed by atoms with Crippen molar-refractivity contribution in [2.24, 2.45) is 0 Å². The van der Waals surface area contributed by atoms with E-state index in [1.807, 2.05) is 62.9 Å². The van der Waals surface area contributed by atoms with Crippen LogP contribution >= 0.6 is 0 Å².